The first-order valence-corrected chi connectivity index (χ1v) is 8.12. The summed E-state index contributed by atoms with van der Waals surface area (Å²) in [7, 11) is 4.13. The van der Waals surface area contributed by atoms with E-state index in [-0.39, 0.29) is 25.1 Å². The number of likely N-dealkylation sites (N-methyl/N-ethyl adjacent to an activating group) is 1. The van der Waals surface area contributed by atoms with Crippen LogP contribution in [0.4, 0.5) is 0 Å². The minimum atomic E-state index is -0.221. The van der Waals surface area contributed by atoms with Crippen LogP contribution < -0.4 is 12.4 Å². The third-order valence-electron chi connectivity index (χ3n) is 3.80. The van der Waals surface area contributed by atoms with E-state index in [1.165, 1.54) is 44.9 Å². The van der Waals surface area contributed by atoms with Crippen LogP contribution in [0.2, 0.25) is 0 Å². The zero-order valence-corrected chi connectivity index (χ0v) is 14.5. The summed E-state index contributed by atoms with van der Waals surface area (Å²) in [6.07, 6.45) is 11.2. The van der Waals surface area contributed by atoms with E-state index in [1.54, 1.807) is 0 Å². The topological polar surface area (TPSA) is 40.5 Å². The molecular formula is C16H36ClNO2. The third-order valence-corrected chi connectivity index (χ3v) is 3.80. The molecule has 1 unspecified atom stereocenters. The van der Waals surface area contributed by atoms with Crippen molar-refractivity contribution in [1.29, 1.82) is 0 Å². The first-order valence-electron chi connectivity index (χ1n) is 8.12. The van der Waals surface area contributed by atoms with Gasteiger partial charge in [-0.1, -0.05) is 58.3 Å². The maximum absolute atomic E-state index is 9.99. The highest BCUT2D eigenvalue weighted by Gasteiger charge is 2.19. The van der Waals surface area contributed by atoms with Crippen LogP contribution in [0.3, 0.4) is 0 Å². The van der Waals surface area contributed by atoms with E-state index in [0.29, 0.717) is 11.0 Å². The Labute approximate surface area is 132 Å². The number of aliphatic hydroxyl groups excluding tert-OH is 2. The molecule has 2 N–H and O–H groups in total. The van der Waals surface area contributed by atoms with Gasteiger partial charge in [-0.3, -0.25) is 0 Å². The van der Waals surface area contributed by atoms with Crippen molar-refractivity contribution in [3.63, 3.8) is 0 Å². The third kappa shape index (κ3) is 14.6. The van der Waals surface area contributed by atoms with Gasteiger partial charge in [-0.2, -0.15) is 0 Å². The van der Waals surface area contributed by atoms with E-state index in [9.17, 15) is 5.11 Å². The van der Waals surface area contributed by atoms with Crippen molar-refractivity contribution in [3.05, 3.63) is 0 Å². The summed E-state index contributed by atoms with van der Waals surface area (Å²) in [6, 6.07) is 0. The molecule has 0 aromatic rings. The monoisotopic (exact) mass is 309 g/mol. The molecule has 0 radical (unpaired) electrons. The lowest BCUT2D eigenvalue weighted by Gasteiger charge is -2.31. The number of aliphatic hydroxyl groups is 2. The van der Waals surface area contributed by atoms with Gasteiger partial charge in [0.05, 0.1) is 20.7 Å². The quantitative estimate of drug-likeness (QED) is 0.370. The number of hydrogen-bond donors (Lipinski definition) is 2. The molecule has 0 heterocycles. The summed E-state index contributed by atoms with van der Waals surface area (Å²) < 4.78 is 0.703. The first kappa shape index (κ1) is 22.5. The highest BCUT2D eigenvalue weighted by molar-refractivity contribution is 4.56. The molecule has 0 rings (SSSR count). The zero-order valence-electron chi connectivity index (χ0n) is 13.8. The summed E-state index contributed by atoms with van der Waals surface area (Å²) in [5.74, 6) is 0. The van der Waals surface area contributed by atoms with Gasteiger partial charge in [0.2, 0.25) is 0 Å². The summed E-state index contributed by atoms with van der Waals surface area (Å²) in [5, 5.41) is 18.9. The number of nitrogens with zero attached hydrogens (tertiary/aromatic N) is 1. The Morgan fingerprint density at radius 3 is 1.90 bits per heavy atom. The molecule has 3 nitrogen and oxygen atoms in total. The van der Waals surface area contributed by atoms with Gasteiger partial charge >= 0.3 is 0 Å². The molecule has 0 bridgehead atoms. The van der Waals surface area contributed by atoms with Crippen molar-refractivity contribution < 1.29 is 27.1 Å². The largest absolute Gasteiger partial charge is 1.00 e. The van der Waals surface area contributed by atoms with Crippen molar-refractivity contribution in [3.8, 4) is 0 Å². The lowest BCUT2D eigenvalue weighted by molar-refractivity contribution is -0.893. The molecular weight excluding hydrogens is 274 g/mol. The van der Waals surface area contributed by atoms with Gasteiger partial charge in [0, 0.05) is 0 Å². The van der Waals surface area contributed by atoms with E-state index in [2.05, 4.69) is 21.0 Å². The van der Waals surface area contributed by atoms with Gasteiger partial charge in [0.15, 0.2) is 0 Å². The van der Waals surface area contributed by atoms with Crippen molar-refractivity contribution in [2.75, 3.05) is 33.8 Å². The standard InChI is InChI=1S/C16H36NO2.ClH/c1-4-5-6-7-8-9-10-11-12-16(19)15-17(2,3)13-14-18;/h16,18-19H,4-15H2,1-3H3;1H/q+1;/p-1. The molecule has 0 spiro atoms. The van der Waals surface area contributed by atoms with Crippen molar-refractivity contribution in [2.45, 2.75) is 70.8 Å². The van der Waals surface area contributed by atoms with E-state index in [1.807, 2.05) is 0 Å². The molecule has 0 aliphatic rings. The predicted octanol–water partition coefficient (Wildman–Crippen LogP) is -0.0492. The average Bonchev–Trinajstić information content (AvgIpc) is 2.31. The van der Waals surface area contributed by atoms with Gasteiger partial charge < -0.3 is 27.1 Å². The minimum absolute atomic E-state index is 0. The molecule has 0 aliphatic heterocycles. The lowest BCUT2D eigenvalue weighted by atomic mass is 10.1. The van der Waals surface area contributed by atoms with Crippen molar-refractivity contribution in [2.24, 2.45) is 0 Å². The first-order chi connectivity index (χ1) is 9.02. The number of hydrogen-bond acceptors (Lipinski definition) is 2. The van der Waals surface area contributed by atoms with Gasteiger partial charge in [0.1, 0.15) is 19.2 Å². The van der Waals surface area contributed by atoms with Gasteiger partial charge in [-0.15, -0.1) is 0 Å². The Balaban J connectivity index is 0. The molecule has 124 valence electrons. The van der Waals surface area contributed by atoms with E-state index in [0.717, 1.165) is 19.4 Å². The minimum Gasteiger partial charge on any atom is -1.00 e. The van der Waals surface area contributed by atoms with Crippen LogP contribution in [0.25, 0.3) is 0 Å². The Kier molecular flexibility index (Phi) is 15.9. The highest BCUT2D eigenvalue weighted by Crippen LogP contribution is 2.12. The Bertz CT molecular complexity index is 201. The fourth-order valence-corrected chi connectivity index (χ4v) is 2.54. The normalized spacial score (nSPS) is 13.1. The summed E-state index contributed by atoms with van der Waals surface area (Å²) in [6.45, 7) is 3.90. The number of halogens is 1. The summed E-state index contributed by atoms with van der Waals surface area (Å²) >= 11 is 0. The van der Waals surface area contributed by atoms with E-state index in [4.69, 9.17) is 5.11 Å². The van der Waals surface area contributed by atoms with Gasteiger partial charge in [-0.05, 0) is 6.42 Å². The van der Waals surface area contributed by atoms with Crippen LogP contribution in [-0.4, -0.2) is 54.6 Å². The number of quaternary nitrogens is 1. The second-order valence-corrected chi connectivity index (χ2v) is 6.48. The Morgan fingerprint density at radius 1 is 0.900 bits per heavy atom. The van der Waals surface area contributed by atoms with Crippen LogP contribution in [-0.2, 0) is 0 Å². The molecule has 0 aliphatic carbocycles. The Morgan fingerprint density at radius 2 is 1.40 bits per heavy atom. The molecule has 0 amide bonds. The summed E-state index contributed by atoms with van der Waals surface area (Å²) in [5.41, 5.74) is 0. The Hall–Kier alpha value is 0.170. The van der Waals surface area contributed by atoms with Crippen LogP contribution >= 0.6 is 0 Å². The fourth-order valence-electron chi connectivity index (χ4n) is 2.54. The van der Waals surface area contributed by atoms with Crippen LogP contribution in [0.5, 0.6) is 0 Å². The maximum atomic E-state index is 9.99. The molecule has 0 saturated heterocycles. The molecule has 0 aromatic carbocycles. The van der Waals surface area contributed by atoms with Crippen LogP contribution in [0.1, 0.15) is 64.7 Å². The van der Waals surface area contributed by atoms with Crippen molar-refractivity contribution >= 4 is 0 Å². The maximum Gasteiger partial charge on any atom is 0.105 e. The van der Waals surface area contributed by atoms with Crippen molar-refractivity contribution in [1.82, 2.24) is 0 Å². The molecule has 4 heteroatoms. The van der Waals surface area contributed by atoms with Gasteiger partial charge in [-0.25, -0.2) is 0 Å². The second kappa shape index (κ2) is 14.1. The smallest absolute Gasteiger partial charge is 0.105 e. The number of unbranched alkanes of at least 4 members (excludes halogenated alkanes) is 7. The SMILES string of the molecule is CCCCCCCCCCC(O)C[N+](C)(C)CCO.[Cl-]. The van der Waals surface area contributed by atoms with Crippen LogP contribution in [0, 0.1) is 0 Å². The molecule has 0 fully saturated rings. The average molecular weight is 310 g/mol. The van der Waals surface area contributed by atoms with Crippen LogP contribution in [0.15, 0.2) is 0 Å². The highest BCUT2D eigenvalue weighted by atomic mass is 35.5. The second-order valence-electron chi connectivity index (χ2n) is 6.48. The molecule has 20 heavy (non-hydrogen) atoms. The fraction of sp³-hybridized carbons (Fsp3) is 1.00. The van der Waals surface area contributed by atoms with Gasteiger partial charge in [0.25, 0.3) is 0 Å². The van der Waals surface area contributed by atoms with E-state index >= 15 is 0 Å². The molecule has 0 saturated carbocycles. The van der Waals surface area contributed by atoms with E-state index < -0.39 is 0 Å². The lowest BCUT2D eigenvalue weighted by Crippen LogP contribution is -3.00. The molecule has 0 aromatic heterocycles. The summed E-state index contributed by atoms with van der Waals surface area (Å²) in [4.78, 5) is 0. The predicted molar refractivity (Wildman–Crippen MR) is 82.2 cm³/mol. The number of rotatable bonds is 13. The molecule has 1 atom stereocenters. The zero-order chi connectivity index (χ0) is 14.6.